The molecule has 1 unspecified atom stereocenters. The molecule has 1 heterocycles. The van der Waals surface area contributed by atoms with Gasteiger partial charge in [-0.05, 0) is 53.0 Å². The van der Waals surface area contributed by atoms with Crippen LogP contribution in [0, 0.1) is 0 Å². The number of hydrogen-bond donors (Lipinski definition) is 2. The van der Waals surface area contributed by atoms with Gasteiger partial charge in [-0.25, -0.2) is 0 Å². The fourth-order valence-electron chi connectivity index (χ4n) is 2.34. The van der Waals surface area contributed by atoms with Crippen LogP contribution in [0.5, 0.6) is 0 Å². The second-order valence-electron chi connectivity index (χ2n) is 4.89. The summed E-state index contributed by atoms with van der Waals surface area (Å²) in [5, 5.41) is 5.27. The minimum absolute atomic E-state index is 0.0188. The highest BCUT2D eigenvalue weighted by Gasteiger charge is 2.15. The summed E-state index contributed by atoms with van der Waals surface area (Å²) in [7, 11) is 0. The highest BCUT2D eigenvalue weighted by atomic mass is 79.9. The van der Waals surface area contributed by atoms with Gasteiger partial charge in [-0.2, -0.15) is 5.10 Å². The highest BCUT2D eigenvalue weighted by Crippen LogP contribution is 2.27. The normalized spacial score (nSPS) is 12.6. The minimum atomic E-state index is 0.0188. The molecule has 6 heteroatoms. The van der Waals surface area contributed by atoms with Crippen LogP contribution in [0.2, 0.25) is 5.02 Å². The van der Waals surface area contributed by atoms with Crippen molar-refractivity contribution in [3.63, 3.8) is 0 Å². The van der Waals surface area contributed by atoms with Crippen molar-refractivity contribution in [3.8, 4) is 0 Å². The molecule has 0 aliphatic carbocycles. The van der Waals surface area contributed by atoms with Gasteiger partial charge in [-0.15, -0.1) is 0 Å². The molecule has 1 aromatic heterocycles. The molecule has 0 amide bonds. The number of nitrogens with two attached hydrogens (primary N) is 1. The standard InChI is InChI=1S/C15H20BrClN4/c1-3-11-8-12(21(4-2)20-11)9-15(19-18)10-5-6-14(17)13(16)7-10/h5-8,15,19H,3-4,9,18H2,1-2H3. The Bertz CT molecular complexity index is 612. The van der Waals surface area contributed by atoms with E-state index >= 15 is 0 Å². The molecule has 2 rings (SSSR count). The number of nitrogens with zero attached hydrogens (tertiary/aromatic N) is 2. The lowest BCUT2D eigenvalue weighted by Gasteiger charge is -2.17. The van der Waals surface area contributed by atoms with Crippen LogP contribution in [0.4, 0.5) is 0 Å². The summed E-state index contributed by atoms with van der Waals surface area (Å²) in [6.45, 7) is 5.07. The number of halogens is 2. The number of rotatable bonds is 6. The zero-order chi connectivity index (χ0) is 15.4. The first kappa shape index (κ1) is 16.5. The van der Waals surface area contributed by atoms with E-state index in [4.69, 9.17) is 17.4 Å². The topological polar surface area (TPSA) is 55.9 Å². The van der Waals surface area contributed by atoms with Gasteiger partial charge in [-0.1, -0.05) is 24.6 Å². The van der Waals surface area contributed by atoms with Crippen LogP contribution in [0.25, 0.3) is 0 Å². The molecule has 0 aliphatic heterocycles. The lowest BCUT2D eigenvalue weighted by Crippen LogP contribution is -2.30. The molecule has 0 fully saturated rings. The van der Waals surface area contributed by atoms with Crippen molar-refractivity contribution < 1.29 is 0 Å². The first-order valence-electron chi connectivity index (χ1n) is 7.05. The molecule has 4 nitrogen and oxygen atoms in total. The molecule has 0 saturated carbocycles. The third-order valence-electron chi connectivity index (χ3n) is 3.54. The number of benzene rings is 1. The lowest BCUT2D eigenvalue weighted by molar-refractivity contribution is 0.516. The maximum absolute atomic E-state index is 6.05. The van der Waals surface area contributed by atoms with Crippen LogP contribution in [-0.2, 0) is 19.4 Å². The average molecular weight is 372 g/mol. The quantitative estimate of drug-likeness (QED) is 0.602. The number of nitrogens with one attached hydrogen (secondary N) is 1. The first-order chi connectivity index (χ1) is 10.1. The maximum Gasteiger partial charge on any atom is 0.0624 e. The van der Waals surface area contributed by atoms with E-state index in [0.717, 1.165) is 35.1 Å². The average Bonchev–Trinajstić information content (AvgIpc) is 2.90. The molecule has 3 N–H and O–H groups in total. The van der Waals surface area contributed by atoms with Gasteiger partial charge >= 0.3 is 0 Å². The zero-order valence-electron chi connectivity index (χ0n) is 12.2. The van der Waals surface area contributed by atoms with Gasteiger partial charge in [-0.3, -0.25) is 16.0 Å². The molecule has 114 valence electrons. The third-order valence-corrected chi connectivity index (χ3v) is 4.75. The van der Waals surface area contributed by atoms with Crippen molar-refractivity contribution in [2.75, 3.05) is 0 Å². The molecular weight excluding hydrogens is 352 g/mol. The Balaban J connectivity index is 2.26. The summed E-state index contributed by atoms with van der Waals surface area (Å²) in [5.74, 6) is 5.74. The second-order valence-corrected chi connectivity index (χ2v) is 6.15. The van der Waals surface area contributed by atoms with Gasteiger partial charge < -0.3 is 0 Å². The highest BCUT2D eigenvalue weighted by molar-refractivity contribution is 9.10. The van der Waals surface area contributed by atoms with Crippen LogP contribution in [0.15, 0.2) is 28.7 Å². The summed E-state index contributed by atoms with van der Waals surface area (Å²) in [5.41, 5.74) is 6.27. The largest absolute Gasteiger partial charge is 0.271 e. The summed E-state index contributed by atoms with van der Waals surface area (Å²) < 4.78 is 2.91. The van der Waals surface area contributed by atoms with Crippen molar-refractivity contribution in [2.45, 2.75) is 39.3 Å². The zero-order valence-corrected chi connectivity index (χ0v) is 14.6. The SMILES string of the molecule is CCc1cc(CC(NN)c2ccc(Cl)c(Br)c2)n(CC)n1. The van der Waals surface area contributed by atoms with E-state index in [1.165, 1.54) is 5.69 Å². The Morgan fingerprint density at radius 2 is 2.14 bits per heavy atom. The Hall–Kier alpha value is -0.880. The van der Waals surface area contributed by atoms with E-state index in [-0.39, 0.29) is 6.04 Å². The van der Waals surface area contributed by atoms with Crippen molar-refractivity contribution in [2.24, 2.45) is 5.84 Å². The van der Waals surface area contributed by atoms with Gasteiger partial charge in [0, 0.05) is 23.1 Å². The monoisotopic (exact) mass is 370 g/mol. The molecule has 0 saturated heterocycles. The Morgan fingerprint density at radius 1 is 1.38 bits per heavy atom. The van der Waals surface area contributed by atoms with Gasteiger partial charge in [0.15, 0.2) is 0 Å². The molecule has 2 aromatic rings. The minimum Gasteiger partial charge on any atom is -0.271 e. The van der Waals surface area contributed by atoms with Crippen LogP contribution >= 0.6 is 27.5 Å². The van der Waals surface area contributed by atoms with E-state index in [2.05, 4.69) is 46.4 Å². The number of hydrogen-bond acceptors (Lipinski definition) is 3. The van der Waals surface area contributed by atoms with Crippen molar-refractivity contribution >= 4 is 27.5 Å². The Labute approximate surface area is 138 Å². The number of aromatic nitrogens is 2. The Morgan fingerprint density at radius 3 is 2.71 bits per heavy atom. The molecule has 1 aromatic carbocycles. The molecule has 0 radical (unpaired) electrons. The van der Waals surface area contributed by atoms with Crippen LogP contribution in [0.3, 0.4) is 0 Å². The summed E-state index contributed by atoms with van der Waals surface area (Å²) in [4.78, 5) is 0. The Kier molecular flexibility index (Phi) is 5.81. The maximum atomic E-state index is 6.05. The molecule has 0 bridgehead atoms. The summed E-state index contributed by atoms with van der Waals surface area (Å²) >= 11 is 9.50. The number of aryl methyl sites for hydroxylation is 2. The van der Waals surface area contributed by atoms with E-state index in [1.54, 1.807) is 0 Å². The van der Waals surface area contributed by atoms with Gasteiger partial charge in [0.1, 0.15) is 0 Å². The summed E-state index contributed by atoms with van der Waals surface area (Å²) in [6, 6.07) is 8.04. The smallest absolute Gasteiger partial charge is 0.0624 e. The van der Waals surface area contributed by atoms with E-state index in [9.17, 15) is 0 Å². The predicted octanol–water partition coefficient (Wildman–Crippen LogP) is 3.63. The number of hydrazine groups is 1. The van der Waals surface area contributed by atoms with Crippen molar-refractivity contribution in [3.05, 3.63) is 50.7 Å². The van der Waals surface area contributed by atoms with E-state index in [1.807, 2.05) is 22.9 Å². The predicted molar refractivity (Wildman–Crippen MR) is 90.2 cm³/mol. The molecule has 0 aliphatic rings. The molecular formula is C15H20BrClN4. The van der Waals surface area contributed by atoms with E-state index < -0.39 is 0 Å². The van der Waals surface area contributed by atoms with Crippen LogP contribution < -0.4 is 11.3 Å². The molecule has 21 heavy (non-hydrogen) atoms. The third kappa shape index (κ3) is 3.86. The van der Waals surface area contributed by atoms with Gasteiger partial charge in [0.2, 0.25) is 0 Å². The first-order valence-corrected chi connectivity index (χ1v) is 8.22. The van der Waals surface area contributed by atoms with E-state index in [0.29, 0.717) is 5.02 Å². The fraction of sp³-hybridized carbons (Fsp3) is 0.400. The van der Waals surface area contributed by atoms with Crippen LogP contribution in [0.1, 0.15) is 36.8 Å². The van der Waals surface area contributed by atoms with Crippen LogP contribution in [-0.4, -0.2) is 9.78 Å². The fourth-order valence-corrected chi connectivity index (χ4v) is 2.85. The summed E-state index contributed by atoms with van der Waals surface area (Å²) in [6.07, 6.45) is 1.72. The second kappa shape index (κ2) is 7.40. The van der Waals surface area contributed by atoms with Gasteiger partial charge in [0.25, 0.3) is 0 Å². The van der Waals surface area contributed by atoms with Crippen molar-refractivity contribution in [1.29, 1.82) is 0 Å². The lowest BCUT2D eigenvalue weighted by atomic mass is 10.0. The molecule has 0 spiro atoms. The van der Waals surface area contributed by atoms with Gasteiger partial charge in [0.05, 0.1) is 16.8 Å². The molecule has 1 atom stereocenters. The van der Waals surface area contributed by atoms with Crippen molar-refractivity contribution in [1.82, 2.24) is 15.2 Å².